The molecule has 8 nitrogen and oxygen atoms in total. The van der Waals surface area contributed by atoms with Gasteiger partial charge in [-0.2, -0.15) is 5.26 Å². The van der Waals surface area contributed by atoms with Gasteiger partial charge in [0, 0.05) is 23.3 Å². The number of pyridine rings is 2. The molecule has 1 atom stereocenters. The Labute approximate surface area is 199 Å². The summed E-state index contributed by atoms with van der Waals surface area (Å²) in [5.74, 6) is 0.711. The fourth-order valence-corrected chi connectivity index (χ4v) is 3.84. The van der Waals surface area contributed by atoms with E-state index in [0.717, 1.165) is 5.39 Å². The minimum absolute atomic E-state index is 0.200. The number of halogens is 1. The van der Waals surface area contributed by atoms with Crippen molar-refractivity contribution in [1.29, 1.82) is 5.26 Å². The standard InChI is InChI=1S/C24H20BrN7O/c1-14-17(12-26)4-6-19(30-14)13-32(15(2)23-28-8-3-9-29-23)24(33)16-5-7-21-18(10-16)11-20(25)22(27)31-21/h3-11,15H,13H2,1-2H3,(H2,27,31). The first-order chi connectivity index (χ1) is 15.9. The van der Waals surface area contributed by atoms with E-state index in [4.69, 9.17) is 5.73 Å². The molecule has 0 fully saturated rings. The van der Waals surface area contributed by atoms with Gasteiger partial charge in [-0.15, -0.1) is 0 Å². The van der Waals surface area contributed by atoms with E-state index >= 15 is 0 Å². The van der Waals surface area contributed by atoms with Crippen LogP contribution in [-0.2, 0) is 6.54 Å². The number of anilines is 1. The Bertz CT molecular complexity index is 1390. The lowest BCUT2D eigenvalue weighted by atomic mass is 10.1. The van der Waals surface area contributed by atoms with Crippen molar-refractivity contribution in [2.45, 2.75) is 26.4 Å². The first-order valence-electron chi connectivity index (χ1n) is 10.2. The van der Waals surface area contributed by atoms with Gasteiger partial charge in [0.25, 0.3) is 5.91 Å². The average Bonchev–Trinajstić information content (AvgIpc) is 2.83. The highest BCUT2D eigenvalue weighted by molar-refractivity contribution is 9.10. The number of fused-ring (bicyclic) bond motifs is 1. The fraction of sp³-hybridized carbons (Fsp3) is 0.167. The predicted molar refractivity (Wildman–Crippen MR) is 128 cm³/mol. The van der Waals surface area contributed by atoms with Crippen molar-refractivity contribution in [2.24, 2.45) is 0 Å². The molecule has 0 bridgehead atoms. The smallest absolute Gasteiger partial charge is 0.254 e. The van der Waals surface area contributed by atoms with Crippen molar-refractivity contribution in [3.63, 3.8) is 0 Å². The van der Waals surface area contributed by atoms with E-state index in [9.17, 15) is 10.1 Å². The zero-order valence-electron chi connectivity index (χ0n) is 18.0. The molecule has 33 heavy (non-hydrogen) atoms. The molecule has 1 unspecified atom stereocenters. The molecule has 9 heteroatoms. The molecular formula is C24H20BrN7O. The van der Waals surface area contributed by atoms with Crippen molar-refractivity contribution in [1.82, 2.24) is 24.8 Å². The SMILES string of the molecule is Cc1nc(CN(C(=O)c2ccc3nc(N)c(Br)cc3c2)C(C)c2ncccn2)ccc1C#N. The minimum Gasteiger partial charge on any atom is -0.383 e. The van der Waals surface area contributed by atoms with Crippen molar-refractivity contribution < 1.29 is 4.79 Å². The van der Waals surface area contributed by atoms with E-state index in [1.807, 2.05) is 13.0 Å². The summed E-state index contributed by atoms with van der Waals surface area (Å²) in [4.78, 5) is 32.9. The van der Waals surface area contributed by atoms with E-state index in [2.05, 4.69) is 41.9 Å². The number of amides is 1. The molecule has 0 aliphatic rings. The van der Waals surface area contributed by atoms with Crippen LogP contribution in [0.5, 0.6) is 0 Å². The third kappa shape index (κ3) is 4.66. The number of rotatable bonds is 5. The monoisotopic (exact) mass is 501 g/mol. The van der Waals surface area contributed by atoms with Crippen LogP contribution in [0.4, 0.5) is 5.82 Å². The number of aryl methyl sites for hydroxylation is 1. The Balaban J connectivity index is 1.74. The van der Waals surface area contributed by atoms with Crippen LogP contribution in [-0.4, -0.2) is 30.7 Å². The molecule has 4 rings (SSSR count). The Morgan fingerprint density at radius 1 is 1.18 bits per heavy atom. The van der Waals surface area contributed by atoms with E-state index < -0.39 is 6.04 Å². The number of hydrogen-bond donors (Lipinski definition) is 1. The van der Waals surface area contributed by atoms with Crippen molar-refractivity contribution in [3.8, 4) is 6.07 Å². The number of nitrogen functional groups attached to an aromatic ring is 1. The summed E-state index contributed by atoms with van der Waals surface area (Å²) >= 11 is 3.39. The largest absolute Gasteiger partial charge is 0.383 e. The molecule has 0 saturated carbocycles. The zero-order valence-corrected chi connectivity index (χ0v) is 19.6. The summed E-state index contributed by atoms with van der Waals surface area (Å²) in [6.07, 6.45) is 3.30. The number of nitrogens with zero attached hydrogens (tertiary/aromatic N) is 6. The van der Waals surface area contributed by atoms with Gasteiger partial charge in [0.05, 0.1) is 39.5 Å². The van der Waals surface area contributed by atoms with Crippen LogP contribution >= 0.6 is 15.9 Å². The molecule has 0 aliphatic carbocycles. The Morgan fingerprint density at radius 2 is 1.94 bits per heavy atom. The third-order valence-electron chi connectivity index (χ3n) is 5.33. The highest BCUT2D eigenvalue weighted by atomic mass is 79.9. The molecule has 0 spiro atoms. The molecule has 2 N–H and O–H groups in total. The molecule has 1 amide bonds. The number of carbonyl (C=O) groups excluding carboxylic acids is 1. The molecule has 3 aromatic heterocycles. The summed E-state index contributed by atoms with van der Waals surface area (Å²) in [5.41, 5.74) is 8.86. The van der Waals surface area contributed by atoms with Gasteiger partial charge in [-0.25, -0.2) is 15.0 Å². The Kier molecular flexibility index (Phi) is 6.29. The van der Waals surface area contributed by atoms with Gasteiger partial charge in [-0.3, -0.25) is 9.78 Å². The van der Waals surface area contributed by atoms with Gasteiger partial charge in [0.1, 0.15) is 17.7 Å². The highest BCUT2D eigenvalue weighted by Crippen LogP contribution is 2.27. The fourth-order valence-electron chi connectivity index (χ4n) is 3.51. The number of benzene rings is 1. The molecule has 3 heterocycles. The van der Waals surface area contributed by atoms with Crippen LogP contribution in [0.3, 0.4) is 0 Å². The third-order valence-corrected chi connectivity index (χ3v) is 5.96. The topological polar surface area (TPSA) is 122 Å². The Hall–Kier alpha value is -3.90. The van der Waals surface area contributed by atoms with E-state index in [1.54, 1.807) is 60.6 Å². The Morgan fingerprint density at radius 3 is 2.64 bits per heavy atom. The second-order valence-corrected chi connectivity index (χ2v) is 8.38. The number of nitrogens with two attached hydrogens (primary N) is 1. The van der Waals surface area contributed by atoms with E-state index in [0.29, 0.717) is 44.1 Å². The van der Waals surface area contributed by atoms with Crippen LogP contribution in [0.2, 0.25) is 0 Å². The maximum absolute atomic E-state index is 13.7. The van der Waals surface area contributed by atoms with Crippen LogP contribution < -0.4 is 5.73 Å². The average molecular weight is 502 g/mol. The molecule has 0 saturated heterocycles. The number of nitriles is 1. The van der Waals surface area contributed by atoms with Gasteiger partial charge in [0.15, 0.2) is 0 Å². The van der Waals surface area contributed by atoms with E-state index in [1.165, 1.54) is 0 Å². The quantitative estimate of drug-likeness (QED) is 0.431. The molecule has 0 radical (unpaired) electrons. The van der Waals surface area contributed by atoms with E-state index in [-0.39, 0.29) is 12.5 Å². The minimum atomic E-state index is -0.413. The summed E-state index contributed by atoms with van der Waals surface area (Å²) in [6, 6.07) is 14.0. The zero-order chi connectivity index (χ0) is 23.5. The summed E-state index contributed by atoms with van der Waals surface area (Å²) < 4.78 is 0.666. The van der Waals surface area contributed by atoms with Crippen LogP contribution in [0.15, 0.2) is 59.3 Å². The molecular weight excluding hydrogens is 482 g/mol. The lowest BCUT2D eigenvalue weighted by Crippen LogP contribution is -2.34. The summed E-state index contributed by atoms with van der Waals surface area (Å²) in [6.45, 7) is 3.88. The summed E-state index contributed by atoms with van der Waals surface area (Å²) in [5, 5.41) is 9.99. The van der Waals surface area contributed by atoms with Gasteiger partial charge in [-0.1, -0.05) is 0 Å². The van der Waals surface area contributed by atoms with Crippen LogP contribution in [0, 0.1) is 18.3 Å². The highest BCUT2D eigenvalue weighted by Gasteiger charge is 2.26. The van der Waals surface area contributed by atoms with Gasteiger partial charge < -0.3 is 10.6 Å². The maximum Gasteiger partial charge on any atom is 0.254 e. The molecule has 4 aromatic rings. The van der Waals surface area contributed by atoms with Gasteiger partial charge in [0.2, 0.25) is 0 Å². The lowest BCUT2D eigenvalue weighted by molar-refractivity contribution is 0.0663. The lowest BCUT2D eigenvalue weighted by Gasteiger charge is -2.28. The summed E-state index contributed by atoms with van der Waals surface area (Å²) in [7, 11) is 0. The van der Waals surface area contributed by atoms with Crippen molar-refractivity contribution in [2.75, 3.05) is 5.73 Å². The first kappa shape index (κ1) is 22.3. The number of carbonyl (C=O) groups is 1. The van der Waals surface area contributed by atoms with Crippen LogP contribution in [0.1, 0.15) is 46.1 Å². The maximum atomic E-state index is 13.7. The van der Waals surface area contributed by atoms with Gasteiger partial charge >= 0.3 is 0 Å². The molecule has 1 aromatic carbocycles. The number of aromatic nitrogens is 4. The molecule has 164 valence electrons. The predicted octanol–water partition coefficient (Wildman–Crippen LogP) is 4.35. The van der Waals surface area contributed by atoms with Crippen molar-refractivity contribution >= 4 is 38.6 Å². The first-order valence-corrected chi connectivity index (χ1v) is 11.0. The second kappa shape index (κ2) is 9.30. The normalized spacial score (nSPS) is 11.7. The number of hydrogen-bond acceptors (Lipinski definition) is 7. The van der Waals surface area contributed by atoms with Crippen molar-refractivity contribution in [3.05, 3.63) is 87.7 Å². The van der Waals surface area contributed by atoms with Gasteiger partial charge in [-0.05, 0) is 72.2 Å². The second-order valence-electron chi connectivity index (χ2n) is 7.53. The molecule has 0 aliphatic heterocycles. The van der Waals surface area contributed by atoms with Crippen LogP contribution in [0.25, 0.3) is 10.9 Å².